The molecule has 2 N–H and O–H groups in total. The first-order valence-corrected chi connectivity index (χ1v) is 12.0. The van der Waals surface area contributed by atoms with E-state index in [0.717, 1.165) is 38.4 Å². The predicted molar refractivity (Wildman–Crippen MR) is 137 cm³/mol. The molecule has 0 aromatic heterocycles. The molecular formula is C29H33NO6. The molecule has 0 bridgehead atoms. The summed E-state index contributed by atoms with van der Waals surface area (Å²) in [5, 5.41) is 14.8. The number of methoxy groups -OCH3 is 1. The van der Waals surface area contributed by atoms with Gasteiger partial charge in [0.1, 0.15) is 11.9 Å². The van der Waals surface area contributed by atoms with Gasteiger partial charge in [0.25, 0.3) is 0 Å². The lowest BCUT2D eigenvalue weighted by molar-refractivity contribution is -0.159. The molecule has 3 aromatic rings. The lowest BCUT2D eigenvalue weighted by Crippen LogP contribution is -2.23. The fourth-order valence-corrected chi connectivity index (χ4v) is 4.33. The van der Waals surface area contributed by atoms with Crippen LogP contribution in [-0.4, -0.2) is 60.4 Å². The van der Waals surface area contributed by atoms with Crippen molar-refractivity contribution in [1.29, 1.82) is 0 Å². The van der Waals surface area contributed by atoms with Crippen LogP contribution in [0, 0.1) is 0 Å². The van der Waals surface area contributed by atoms with E-state index < -0.39 is 11.9 Å². The zero-order valence-corrected chi connectivity index (χ0v) is 20.5. The summed E-state index contributed by atoms with van der Waals surface area (Å²) in [7, 11) is 1.73. The number of rotatable bonds is 9. The number of nitrogens with zero attached hydrogens (tertiary/aromatic N) is 1. The molecule has 1 saturated heterocycles. The largest absolute Gasteiger partial charge is 0.497 e. The highest BCUT2D eigenvalue weighted by molar-refractivity contribution is 6.27. The third-order valence-electron chi connectivity index (χ3n) is 6.13. The molecule has 7 heteroatoms. The Bertz CT molecular complexity index is 1040. The molecule has 1 atom stereocenters. The second kappa shape index (κ2) is 14.0. The van der Waals surface area contributed by atoms with E-state index in [-0.39, 0.29) is 6.10 Å². The van der Waals surface area contributed by atoms with Gasteiger partial charge in [0, 0.05) is 19.7 Å². The summed E-state index contributed by atoms with van der Waals surface area (Å²) in [4.78, 5) is 20.8. The van der Waals surface area contributed by atoms with Gasteiger partial charge in [-0.2, -0.15) is 0 Å². The maximum atomic E-state index is 9.10. The highest BCUT2D eigenvalue weighted by Gasteiger charge is 2.24. The fourth-order valence-electron chi connectivity index (χ4n) is 4.33. The van der Waals surface area contributed by atoms with Gasteiger partial charge in [-0.25, -0.2) is 9.59 Å². The minimum Gasteiger partial charge on any atom is -0.497 e. The molecule has 0 spiro atoms. The number of aliphatic carboxylic acids is 2. The maximum Gasteiger partial charge on any atom is 0.414 e. The van der Waals surface area contributed by atoms with Crippen LogP contribution < -0.4 is 4.74 Å². The Morgan fingerprint density at radius 3 is 2.08 bits per heavy atom. The summed E-state index contributed by atoms with van der Waals surface area (Å²) in [5.74, 6) is -2.10. The van der Waals surface area contributed by atoms with Gasteiger partial charge < -0.3 is 24.6 Å². The topological polar surface area (TPSA) is 96.3 Å². The van der Waals surface area contributed by atoms with E-state index in [2.05, 4.69) is 83.8 Å². The first kappa shape index (κ1) is 26.9. The summed E-state index contributed by atoms with van der Waals surface area (Å²) in [5.41, 5.74) is 3.81. The summed E-state index contributed by atoms with van der Waals surface area (Å²) < 4.78 is 11.8. The van der Waals surface area contributed by atoms with Crippen molar-refractivity contribution in [3.05, 3.63) is 102 Å². The molecule has 1 aliphatic rings. The Morgan fingerprint density at radius 2 is 1.53 bits per heavy atom. The predicted octanol–water partition coefficient (Wildman–Crippen LogP) is 4.84. The van der Waals surface area contributed by atoms with Crippen molar-refractivity contribution in [2.75, 3.05) is 33.4 Å². The molecule has 4 rings (SSSR count). The molecule has 36 heavy (non-hydrogen) atoms. The van der Waals surface area contributed by atoms with Crippen molar-refractivity contribution < 1.29 is 29.3 Å². The maximum absolute atomic E-state index is 9.10. The third-order valence-corrected chi connectivity index (χ3v) is 6.13. The molecule has 1 aliphatic heterocycles. The molecule has 1 heterocycles. The lowest BCUT2D eigenvalue weighted by atomic mass is 9.98. The minimum absolute atomic E-state index is 0.00416. The van der Waals surface area contributed by atoms with Gasteiger partial charge in [0.05, 0.1) is 7.11 Å². The third kappa shape index (κ3) is 8.22. The standard InChI is InChI=1S/C27H31NO2.C2H2O4/c1-29-26-15-8-14-24(20-26)25-16-18-28(21-25)17-9-19-30-27(22-10-4-2-5-11-22)23-12-6-3-7-13-23;3-1(4)2(5)6/h2-8,10-15,20,25,27H,9,16-19,21H2,1H3;(H,3,4)(H,5,6). The van der Waals surface area contributed by atoms with Crippen molar-refractivity contribution in [3.8, 4) is 5.75 Å². The van der Waals surface area contributed by atoms with Crippen molar-refractivity contribution >= 4 is 11.9 Å². The Labute approximate surface area is 211 Å². The van der Waals surface area contributed by atoms with Crippen LogP contribution in [0.3, 0.4) is 0 Å². The van der Waals surface area contributed by atoms with Gasteiger partial charge in [-0.1, -0.05) is 72.8 Å². The van der Waals surface area contributed by atoms with Gasteiger partial charge >= 0.3 is 11.9 Å². The molecule has 190 valence electrons. The average Bonchev–Trinajstić information content (AvgIpc) is 3.39. The van der Waals surface area contributed by atoms with Crippen LogP contribution >= 0.6 is 0 Å². The Morgan fingerprint density at radius 1 is 0.917 bits per heavy atom. The first-order chi connectivity index (χ1) is 17.5. The van der Waals surface area contributed by atoms with Crippen LogP contribution in [-0.2, 0) is 14.3 Å². The van der Waals surface area contributed by atoms with Crippen molar-refractivity contribution in [2.45, 2.75) is 24.9 Å². The van der Waals surface area contributed by atoms with Gasteiger partial charge in [0.15, 0.2) is 0 Å². The van der Waals surface area contributed by atoms with Gasteiger partial charge in [-0.15, -0.1) is 0 Å². The normalized spacial score (nSPS) is 15.2. The van der Waals surface area contributed by atoms with E-state index in [0.29, 0.717) is 5.92 Å². The number of carboxylic acid groups (broad SMARTS) is 2. The number of carbonyl (C=O) groups is 2. The van der Waals surface area contributed by atoms with E-state index in [1.54, 1.807) is 7.11 Å². The monoisotopic (exact) mass is 491 g/mol. The molecule has 0 saturated carbocycles. The van der Waals surface area contributed by atoms with E-state index in [9.17, 15) is 0 Å². The van der Waals surface area contributed by atoms with Crippen LogP contribution in [0.5, 0.6) is 5.75 Å². The summed E-state index contributed by atoms with van der Waals surface area (Å²) in [6.07, 6.45) is 2.25. The van der Waals surface area contributed by atoms with Crippen LogP contribution in [0.1, 0.15) is 41.6 Å². The van der Waals surface area contributed by atoms with Crippen LogP contribution in [0.15, 0.2) is 84.9 Å². The van der Waals surface area contributed by atoms with Crippen LogP contribution in [0.2, 0.25) is 0 Å². The van der Waals surface area contributed by atoms with E-state index in [4.69, 9.17) is 29.3 Å². The molecule has 1 fully saturated rings. The lowest BCUT2D eigenvalue weighted by Gasteiger charge is -2.21. The number of ether oxygens (including phenoxy) is 2. The summed E-state index contributed by atoms with van der Waals surface area (Å²) in [6.45, 7) is 4.11. The first-order valence-electron chi connectivity index (χ1n) is 12.0. The zero-order chi connectivity index (χ0) is 25.8. The second-order valence-corrected chi connectivity index (χ2v) is 8.60. The van der Waals surface area contributed by atoms with Crippen LogP contribution in [0.25, 0.3) is 0 Å². The highest BCUT2D eigenvalue weighted by Crippen LogP contribution is 2.30. The number of hydrogen-bond donors (Lipinski definition) is 2. The molecule has 7 nitrogen and oxygen atoms in total. The van der Waals surface area contributed by atoms with Crippen molar-refractivity contribution in [3.63, 3.8) is 0 Å². The number of hydrogen-bond acceptors (Lipinski definition) is 5. The van der Waals surface area contributed by atoms with E-state index in [1.165, 1.54) is 23.1 Å². The van der Waals surface area contributed by atoms with Crippen molar-refractivity contribution in [2.24, 2.45) is 0 Å². The molecule has 3 aromatic carbocycles. The summed E-state index contributed by atoms with van der Waals surface area (Å²) >= 11 is 0. The van der Waals surface area contributed by atoms with Crippen LogP contribution in [0.4, 0.5) is 0 Å². The smallest absolute Gasteiger partial charge is 0.414 e. The van der Waals surface area contributed by atoms with E-state index in [1.807, 2.05) is 6.07 Å². The molecule has 0 amide bonds. The average molecular weight is 492 g/mol. The Balaban J connectivity index is 0.000000538. The molecule has 0 radical (unpaired) electrons. The number of carboxylic acids is 2. The minimum atomic E-state index is -1.82. The Kier molecular flexibility index (Phi) is 10.5. The summed E-state index contributed by atoms with van der Waals surface area (Å²) in [6, 6.07) is 29.5. The number of likely N-dealkylation sites (tertiary alicyclic amines) is 1. The van der Waals surface area contributed by atoms with Gasteiger partial charge in [-0.3, -0.25) is 0 Å². The highest BCUT2D eigenvalue weighted by atomic mass is 16.5. The quantitative estimate of drug-likeness (QED) is 0.327. The second-order valence-electron chi connectivity index (χ2n) is 8.60. The number of benzene rings is 3. The molecule has 0 aliphatic carbocycles. The fraction of sp³-hybridized carbons (Fsp3) is 0.310. The van der Waals surface area contributed by atoms with Gasteiger partial charge in [-0.05, 0) is 54.1 Å². The van der Waals surface area contributed by atoms with Crippen molar-refractivity contribution in [1.82, 2.24) is 4.90 Å². The molecular weight excluding hydrogens is 458 g/mol. The SMILES string of the molecule is COc1cccc(C2CCN(CCCOC(c3ccccc3)c3ccccc3)C2)c1.O=C(O)C(=O)O. The zero-order valence-electron chi connectivity index (χ0n) is 20.5. The van der Waals surface area contributed by atoms with E-state index >= 15 is 0 Å². The van der Waals surface area contributed by atoms with Gasteiger partial charge in [0.2, 0.25) is 0 Å². The molecule has 1 unspecified atom stereocenters. The Hall–Kier alpha value is -3.68.